The van der Waals surface area contributed by atoms with Crippen LogP contribution < -0.4 is 0 Å². The molecule has 0 aliphatic carbocycles. The van der Waals surface area contributed by atoms with Gasteiger partial charge in [0.25, 0.3) is 0 Å². The molecule has 1 N–H and O–H groups in total. The van der Waals surface area contributed by atoms with Crippen molar-refractivity contribution >= 4 is 23.6 Å². The Labute approximate surface area is 113 Å². The number of piperidine rings is 1. The molecule has 1 fully saturated rings. The second-order valence-electron chi connectivity index (χ2n) is 4.73. The van der Waals surface area contributed by atoms with Gasteiger partial charge in [-0.1, -0.05) is 13.3 Å². The zero-order chi connectivity index (χ0) is 13.4. The van der Waals surface area contributed by atoms with Crippen molar-refractivity contribution in [1.29, 1.82) is 0 Å². The van der Waals surface area contributed by atoms with E-state index < -0.39 is 5.97 Å². The van der Waals surface area contributed by atoms with Crippen molar-refractivity contribution in [2.75, 3.05) is 24.6 Å². The van der Waals surface area contributed by atoms with Gasteiger partial charge < -0.3 is 10.0 Å². The van der Waals surface area contributed by atoms with Crippen LogP contribution in [0.5, 0.6) is 0 Å². The second-order valence-corrected chi connectivity index (χ2v) is 5.96. The highest BCUT2D eigenvalue weighted by atomic mass is 32.2. The van der Waals surface area contributed by atoms with Crippen LogP contribution in [0.25, 0.3) is 0 Å². The number of aliphatic carboxylic acids is 1. The molecular weight excluding hydrogens is 250 g/mol. The van der Waals surface area contributed by atoms with Crippen molar-refractivity contribution < 1.29 is 14.7 Å². The van der Waals surface area contributed by atoms with Crippen LogP contribution in [-0.4, -0.2) is 46.5 Å². The third-order valence-corrected chi connectivity index (χ3v) is 4.30. The first kappa shape index (κ1) is 15.3. The molecule has 1 atom stereocenters. The maximum absolute atomic E-state index is 11.9. The minimum Gasteiger partial charge on any atom is -0.481 e. The number of unbranched alkanes of at least 4 members (excludes halogenated alkanes) is 1. The molecule has 4 nitrogen and oxygen atoms in total. The lowest BCUT2D eigenvalue weighted by atomic mass is 9.98. The van der Waals surface area contributed by atoms with Crippen LogP contribution in [0.4, 0.5) is 0 Å². The van der Waals surface area contributed by atoms with Crippen LogP contribution in [0.3, 0.4) is 0 Å². The second kappa shape index (κ2) is 8.40. The molecule has 104 valence electrons. The van der Waals surface area contributed by atoms with E-state index in [2.05, 4.69) is 6.92 Å². The van der Waals surface area contributed by atoms with Crippen LogP contribution in [0, 0.1) is 5.92 Å². The molecule has 1 aliphatic rings. The van der Waals surface area contributed by atoms with E-state index in [4.69, 9.17) is 5.11 Å². The molecular formula is C13H23NO3S. The minimum absolute atomic E-state index is 0.116. The van der Waals surface area contributed by atoms with Crippen molar-refractivity contribution in [3.8, 4) is 0 Å². The predicted molar refractivity (Wildman–Crippen MR) is 73.8 cm³/mol. The van der Waals surface area contributed by atoms with Gasteiger partial charge in [-0.25, -0.2) is 0 Å². The summed E-state index contributed by atoms with van der Waals surface area (Å²) in [6.45, 7) is 3.28. The highest BCUT2D eigenvalue weighted by Gasteiger charge is 2.27. The fourth-order valence-corrected chi connectivity index (χ4v) is 3.09. The number of amides is 1. The summed E-state index contributed by atoms with van der Waals surface area (Å²) in [6.07, 6.45) is 4.44. The van der Waals surface area contributed by atoms with E-state index in [1.54, 1.807) is 4.90 Å². The highest BCUT2D eigenvalue weighted by molar-refractivity contribution is 7.99. The molecule has 0 saturated carbocycles. The number of carbonyl (C=O) groups is 2. The number of hydrogen-bond donors (Lipinski definition) is 1. The van der Waals surface area contributed by atoms with Gasteiger partial charge in [-0.3, -0.25) is 9.59 Å². The van der Waals surface area contributed by atoms with Gasteiger partial charge in [0.15, 0.2) is 0 Å². The molecule has 5 heteroatoms. The number of hydrogen-bond acceptors (Lipinski definition) is 3. The molecule has 1 heterocycles. The smallest absolute Gasteiger partial charge is 0.308 e. The van der Waals surface area contributed by atoms with E-state index in [1.165, 1.54) is 12.8 Å². The number of carboxylic acids is 1. The number of carboxylic acid groups (broad SMARTS) is 1. The normalized spacial score (nSPS) is 19.8. The lowest BCUT2D eigenvalue weighted by Gasteiger charge is -2.30. The third kappa shape index (κ3) is 5.29. The van der Waals surface area contributed by atoms with Crippen molar-refractivity contribution in [1.82, 2.24) is 4.90 Å². The summed E-state index contributed by atoms with van der Waals surface area (Å²) in [5.41, 5.74) is 0. The van der Waals surface area contributed by atoms with E-state index in [0.717, 1.165) is 24.5 Å². The maximum Gasteiger partial charge on any atom is 0.308 e. The maximum atomic E-state index is 11.9. The molecule has 0 aromatic heterocycles. The molecule has 1 unspecified atom stereocenters. The highest BCUT2D eigenvalue weighted by Crippen LogP contribution is 2.18. The molecule has 18 heavy (non-hydrogen) atoms. The first-order chi connectivity index (χ1) is 8.65. The summed E-state index contributed by atoms with van der Waals surface area (Å²) in [5.74, 6) is 0.944. The van der Waals surface area contributed by atoms with Gasteiger partial charge in [-0.15, -0.1) is 0 Å². The molecule has 0 spiro atoms. The van der Waals surface area contributed by atoms with Crippen molar-refractivity contribution in [2.45, 2.75) is 39.0 Å². The Morgan fingerprint density at radius 2 is 2.17 bits per heavy atom. The molecule has 1 rings (SSSR count). The van der Waals surface area contributed by atoms with E-state index in [-0.39, 0.29) is 11.8 Å². The molecule has 1 aliphatic heterocycles. The Balaban J connectivity index is 2.22. The monoisotopic (exact) mass is 273 g/mol. The Hall–Kier alpha value is -0.710. The number of likely N-dealkylation sites (tertiary alicyclic amines) is 1. The Morgan fingerprint density at radius 3 is 2.83 bits per heavy atom. The van der Waals surface area contributed by atoms with Crippen molar-refractivity contribution in [3.05, 3.63) is 0 Å². The number of rotatable bonds is 7. The van der Waals surface area contributed by atoms with E-state index >= 15 is 0 Å². The first-order valence-corrected chi connectivity index (χ1v) is 7.89. The summed E-state index contributed by atoms with van der Waals surface area (Å²) in [7, 11) is 0. The van der Waals surface area contributed by atoms with Gasteiger partial charge in [0, 0.05) is 25.3 Å². The summed E-state index contributed by atoms with van der Waals surface area (Å²) in [5, 5.41) is 8.97. The molecule has 0 aromatic rings. The predicted octanol–water partition coefficient (Wildman–Crippen LogP) is 2.23. The summed E-state index contributed by atoms with van der Waals surface area (Å²) < 4.78 is 0. The Bertz CT molecular complexity index is 283. The molecule has 1 saturated heterocycles. The van der Waals surface area contributed by atoms with Crippen LogP contribution in [0.2, 0.25) is 0 Å². The summed E-state index contributed by atoms with van der Waals surface area (Å²) >= 11 is 1.81. The average molecular weight is 273 g/mol. The summed E-state index contributed by atoms with van der Waals surface area (Å²) in [4.78, 5) is 24.6. The SMILES string of the molecule is CCCCSCCC(=O)N1CCCC(C(=O)O)C1. The van der Waals surface area contributed by atoms with Gasteiger partial charge >= 0.3 is 5.97 Å². The zero-order valence-corrected chi connectivity index (χ0v) is 11.9. The molecule has 0 aromatic carbocycles. The number of thioether (sulfide) groups is 1. The van der Waals surface area contributed by atoms with Gasteiger partial charge in [0.1, 0.15) is 0 Å². The van der Waals surface area contributed by atoms with Crippen molar-refractivity contribution in [3.63, 3.8) is 0 Å². The van der Waals surface area contributed by atoms with Gasteiger partial charge in [-0.2, -0.15) is 11.8 Å². The molecule has 1 amide bonds. The molecule has 0 radical (unpaired) electrons. The van der Waals surface area contributed by atoms with E-state index in [0.29, 0.717) is 19.4 Å². The van der Waals surface area contributed by atoms with Crippen LogP contribution in [-0.2, 0) is 9.59 Å². The quantitative estimate of drug-likeness (QED) is 0.723. The van der Waals surface area contributed by atoms with Crippen LogP contribution >= 0.6 is 11.8 Å². The van der Waals surface area contributed by atoms with Gasteiger partial charge in [0.05, 0.1) is 5.92 Å². The fourth-order valence-electron chi connectivity index (χ4n) is 2.07. The lowest BCUT2D eigenvalue weighted by Crippen LogP contribution is -2.42. The van der Waals surface area contributed by atoms with Crippen molar-refractivity contribution in [2.24, 2.45) is 5.92 Å². The zero-order valence-electron chi connectivity index (χ0n) is 11.1. The average Bonchev–Trinajstić information content (AvgIpc) is 2.38. The van der Waals surface area contributed by atoms with E-state index in [1.807, 2.05) is 11.8 Å². The van der Waals surface area contributed by atoms with Gasteiger partial charge in [0.2, 0.25) is 5.91 Å². The van der Waals surface area contributed by atoms with E-state index in [9.17, 15) is 9.59 Å². The minimum atomic E-state index is -0.773. The number of nitrogens with zero attached hydrogens (tertiary/aromatic N) is 1. The van der Waals surface area contributed by atoms with Crippen LogP contribution in [0.1, 0.15) is 39.0 Å². The topological polar surface area (TPSA) is 57.6 Å². The summed E-state index contributed by atoms with van der Waals surface area (Å²) in [6, 6.07) is 0. The van der Waals surface area contributed by atoms with Crippen LogP contribution in [0.15, 0.2) is 0 Å². The molecule has 0 bridgehead atoms. The number of carbonyl (C=O) groups excluding carboxylic acids is 1. The lowest BCUT2D eigenvalue weighted by molar-refractivity contribution is -0.145. The fraction of sp³-hybridized carbons (Fsp3) is 0.846. The Morgan fingerprint density at radius 1 is 1.39 bits per heavy atom. The standard InChI is InChI=1S/C13H23NO3S/c1-2-3-8-18-9-6-12(15)14-7-4-5-11(10-14)13(16)17/h11H,2-10H2,1H3,(H,16,17). The third-order valence-electron chi connectivity index (χ3n) is 3.23. The largest absolute Gasteiger partial charge is 0.481 e. The Kier molecular flexibility index (Phi) is 7.16. The van der Waals surface area contributed by atoms with Gasteiger partial charge in [-0.05, 0) is 25.0 Å². The first-order valence-electron chi connectivity index (χ1n) is 6.73.